The van der Waals surface area contributed by atoms with Crippen molar-refractivity contribution in [3.63, 3.8) is 0 Å². The summed E-state index contributed by atoms with van der Waals surface area (Å²) in [4.78, 5) is 5.31. The summed E-state index contributed by atoms with van der Waals surface area (Å²) < 4.78 is 3.18. The van der Waals surface area contributed by atoms with Gasteiger partial charge in [-0.2, -0.15) is 0 Å². The molecule has 1 aromatic heterocycles. The van der Waals surface area contributed by atoms with E-state index in [4.69, 9.17) is 0 Å². The standard InChI is InChI=1S/C10H11N3S2/c1-11-8-2-4-9(5-3-8)15-13-10-12-6-7-14-10/h2-7,11H,1H3,(H,12,13). The van der Waals surface area contributed by atoms with Crippen LogP contribution in [0.25, 0.3) is 0 Å². The molecular formula is C10H11N3S2. The van der Waals surface area contributed by atoms with Crippen molar-refractivity contribution in [2.75, 3.05) is 17.1 Å². The fourth-order valence-electron chi connectivity index (χ4n) is 1.07. The molecule has 2 N–H and O–H groups in total. The number of thiazole rings is 1. The van der Waals surface area contributed by atoms with Crippen LogP contribution >= 0.6 is 23.3 Å². The second-order valence-electron chi connectivity index (χ2n) is 2.82. The smallest absolute Gasteiger partial charge is 0.192 e. The summed E-state index contributed by atoms with van der Waals surface area (Å²) in [6.07, 6.45) is 1.79. The van der Waals surface area contributed by atoms with Gasteiger partial charge in [-0.15, -0.1) is 11.3 Å². The van der Waals surface area contributed by atoms with Crippen LogP contribution in [0.2, 0.25) is 0 Å². The Morgan fingerprint density at radius 2 is 2.07 bits per heavy atom. The normalized spacial score (nSPS) is 9.93. The van der Waals surface area contributed by atoms with Gasteiger partial charge in [0.05, 0.1) is 0 Å². The van der Waals surface area contributed by atoms with Gasteiger partial charge >= 0.3 is 0 Å². The molecule has 0 amide bonds. The second kappa shape index (κ2) is 5.04. The zero-order valence-corrected chi connectivity index (χ0v) is 9.86. The van der Waals surface area contributed by atoms with Gasteiger partial charge in [-0.25, -0.2) is 4.98 Å². The van der Waals surface area contributed by atoms with Gasteiger partial charge in [-0.1, -0.05) is 0 Å². The van der Waals surface area contributed by atoms with E-state index >= 15 is 0 Å². The molecular weight excluding hydrogens is 226 g/mol. The monoisotopic (exact) mass is 237 g/mol. The largest absolute Gasteiger partial charge is 0.388 e. The second-order valence-corrected chi connectivity index (χ2v) is 4.59. The van der Waals surface area contributed by atoms with Gasteiger partial charge in [0.15, 0.2) is 5.13 Å². The molecule has 0 radical (unpaired) electrons. The Bertz CT molecular complexity index is 397. The van der Waals surface area contributed by atoms with Crippen molar-refractivity contribution in [3.8, 4) is 0 Å². The molecule has 78 valence electrons. The molecule has 3 nitrogen and oxygen atoms in total. The van der Waals surface area contributed by atoms with Gasteiger partial charge in [0, 0.05) is 29.2 Å². The third kappa shape index (κ3) is 2.87. The number of hydrogen-bond acceptors (Lipinski definition) is 5. The molecule has 0 atom stereocenters. The molecule has 0 aliphatic rings. The lowest BCUT2D eigenvalue weighted by molar-refractivity contribution is 1.41. The van der Waals surface area contributed by atoms with Crippen molar-refractivity contribution in [2.45, 2.75) is 4.90 Å². The Kier molecular flexibility index (Phi) is 3.47. The Balaban J connectivity index is 1.93. The molecule has 1 heterocycles. The van der Waals surface area contributed by atoms with E-state index in [1.807, 2.05) is 24.6 Å². The molecule has 15 heavy (non-hydrogen) atoms. The third-order valence-electron chi connectivity index (χ3n) is 1.83. The van der Waals surface area contributed by atoms with Crippen LogP contribution in [0.5, 0.6) is 0 Å². The molecule has 0 aliphatic heterocycles. The summed E-state index contributed by atoms with van der Waals surface area (Å²) in [7, 11) is 1.91. The zero-order chi connectivity index (χ0) is 10.5. The first kappa shape index (κ1) is 10.3. The Morgan fingerprint density at radius 1 is 1.27 bits per heavy atom. The number of nitrogens with zero attached hydrogens (tertiary/aromatic N) is 1. The van der Waals surface area contributed by atoms with Crippen LogP contribution < -0.4 is 10.0 Å². The Hall–Kier alpha value is -1.20. The molecule has 0 aliphatic carbocycles. The summed E-state index contributed by atoms with van der Waals surface area (Å²) in [5, 5.41) is 5.96. The van der Waals surface area contributed by atoms with Gasteiger partial charge in [-0.05, 0) is 36.2 Å². The van der Waals surface area contributed by atoms with Gasteiger partial charge in [-0.3, -0.25) is 0 Å². The highest BCUT2D eigenvalue weighted by atomic mass is 32.2. The molecule has 0 fully saturated rings. The third-order valence-corrected chi connectivity index (χ3v) is 3.45. The average Bonchev–Trinajstić information content (AvgIpc) is 2.80. The zero-order valence-electron chi connectivity index (χ0n) is 8.23. The van der Waals surface area contributed by atoms with Crippen molar-refractivity contribution in [3.05, 3.63) is 35.8 Å². The molecule has 2 rings (SSSR count). The van der Waals surface area contributed by atoms with Crippen molar-refractivity contribution < 1.29 is 0 Å². The van der Waals surface area contributed by atoms with Crippen LogP contribution in [0.1, 0.15) is 0 Å². The summed E-state index contributed by atoms with van der Waals surface area (Å²) in [5.41, 5.74) is 1.12. The quantitative estimate of drug-likeness (QED) is 0.800. The Morgan fingerprint density at radius 3 is 2.67 bits per heavy atom. The number of aromatic nitrogens is 1. The predicted molar refractivity (Wildman–Crippen MR) is 67.6 cm³/mol. The topological polar surface area (TPSA) is 37.0 Å². The van der Waals surface area contributed by atoms with E-state index in [1.165, 1.54) is 4.90 Å². The number of hydrogen-bond donors (Lipinski definition) is 2. The lowest BCUT2D eigenvalue weighted by Crippen LogP contribution is -1.88. The highest BCUT2D eigenvalue weighted by Crippen LogP contribution is 2.23. The molecule has 0 bridgehead atoms. The van der Waals surface area contributed by atoms with Crippen LogP contribution in [-0.4, -0.2) is 12.0 Å². The first-order valence-electron chi connectivity index (χ1n) is 4.48. The summed E-state index contributed by atoms with van der Waals surface area (Å²) >= 11 is 3.16. The fourth-order valence-corrected chi connectivity index (χ4v) is 2.29. The van der Waals surface area contributed by atoms with Crippen LogP contribution in [0.15, 0.2) is 40.7 Å². The number of rotatable bonds is 4. The van der Waals surface area contributed by atoms with E-state index in [1.54, 1.807) is 29.5 Å². The van der Waals surface area contributed by atoms with E-state index in [0.717, 1.165) is 10.8 Å². The van der Waals surface area contributed by atoms with Crippen molar-refractivity contribution in [1.29, 1.82) is 0 Å². The van der Waals surface area contributed by atoms with Gasteiger partial charge < -0.3 is 10.0 Å². The van der Waals surface area contributed by atoms with Gasteiger partial charge in [0.1, 0.15) is 0 Å². The maximum absolute atomic E-state index is 4.14. The lowest BCUT2D eigenvalue weighted by Gasteiger charge is -2.03. The van der Waals surface area contributed by atoms with Gasteiger partial charge in [0.25, 0.3) is 0 Å². The predicted octanol–water partition coefficient (Wildman–Crippen LogP) is 3.30. The van der Waals surface area contributed by atoms with Crippen LogP contribution in [0, 0.1) is 0 Å². The number of nitrogens with one attached hydrogen (secondary N) is 2. The first-order chi connectivity index (χ1) is 7.38. The molecule has 0 spiro atoms. The van der Waals surface area contributed by atoms with E-state index in [9.17, 15) is 0 Å². The van der Waals surface area contributed by atoms with E-state index in [0.29, 0.717) is 0 Å². The maximum atomic E-state index is 4.14. The van der Waals surface area contributed by atoms with Crippen molar-refractivity contribution >= 4 is 34.1 Å². The number of anilines is 2. The van der Waals surface area contributed by atoms with Crippen molar-refractivity contribution in [2.24, 2.45) is 0 Å². The molecule has 0 saturated heterocycles. The SMILES string of the molecule is CNc1ccc(SNc2nccs2)cc1. The summed E-state index contributed by atoms with van der Waals surface area (Å²) in [6.45, 7) is 0. The van der Waals surface area contributed by atoms with Gasteiger partial charge in [0.2, 0.25) is 0 Å². The highest BCUT2D eigenvalue weighted by Gasteiger charge is 1.96. The lowest BCUT2D eigenvalue weighted by atomic mass is 10.3. The molecule has 5 heteroatoms. The Labute approximate surface area is 97.1 Å². The van der Waals surface area contributed by atoms with E-state index < -0.39 is 0 Å². The summed E-state index contributed by atoms with van der Waals surface area (Å²) in [6, 6.07) is 8.23. The summed E-state index contributed by atoms with van der Waals surface area (Å²) in [5.74, 6) is 0. The molecule has 1 aromatic carbocycles. The van der Waals surface area contributed by atoms with Crippen molar-refractivity contribution in [1.82, 2.24) is 4.98 Å². The van der Waals surface area contributed by atoms with Crippen LogP contribution in [-0.2, 0) is 0 Å². The fraction of sp³-hybridized carbons (Fsp3) is 0.100. The molecule has 0 unspecified atom stereocenters. The molecule has 2 aromatic rings. The van der Waals surface area contributed by atoms with E-state index in [-0.39, 0.29) is 0 Å². The van der Waals surface area contributed by atoms with E-state index in [2.05, 4.69) is 27.2 Å². The van der Waals surface area contributed by atoms with Crippen LogP contribution in [0.3, 0.4) is 0 Å². The van der Waals surface area contributed by atoms with Crippen LogP contribution in [0.4, 0.5) is 10.8 Å². The minimum Gasteiger partial charge on any atom is -0.388 e. The number of benzene rings is 1. The average molecular weight is 237 g/mol. The minimum absolute atomic E-state index is 0.928. The highest BCUT2D eigenvalue weighted by molar-refractivity contribution is 8.00. The first-order valence-corrected chi connectivity index (χ1v) is 6.18. The minimum atomic E-state index is 0.928. The maximum Gasteiger partial charge on any atom is 0.192 e. The molecule has 0 saturated carbocycles.